The van der Waals surface area contributed by atoms with Gasteiger partial charge in [0.05, 0.1) is 13.0 Å². The van der Waals surface area contributed by atoms with Crippen molar-refractivity contribution in [1.29, 1.82) is 0 Å². The lowest BCUT2D eigenvalue weighted by molar-refractivity contribution is -0.141. The van der Waals surface area contributed by atoms with Crippen LogP contribution < -0.4 is 5.32 Å². The Bertz CT molecular complexity index is 991. The molecule has 1 N–H and O–H groups in total. The van der Waals surface area contributed by atoms with Crippen molar-refractivity contribution in [3.05, 3.63) is 80.2 Å². The van der Waals surface area contributed by atoms with Crippen LogP contribution in [0.5, 0.6) is 0 Å². The van der Waals surface area contributed by atoms with E-state index in [0.717, 1.165) is 46.6 Å². The molecule has 1 aliphatic carbocycles. The number of benzene rings is 1. The first kappa shape index (κ1) is 22.7. The maximum atomic E-state index is 13.7. The predicted molar refractivity (Wildman–Crippen MR) is 132 cm³/mol. The average molecular weight is 467 g/mol. The van der Waals surface area contributed by atoms with Gasteiger partial charge in [-0.1, -0.05) is 61.2 Å². The Morgan fingerprint density at radius 2 is 1.62 bits per heavy atom. The lowest BCUT2D eigenvalue weighted by Crippen LogP contribution is -2.47. The first-order valence-electron chi connectivity index (χ1n) is 11.3. The standard InChI is InChI=1S/C26H30N2O2S2/c1-19-11-13-20(14-12-19)25(26(30)27-21-7-3-2-4-8-21)28(18-23-10-6-16-32-23)24(29)17-22-9-5-15-31-22/h5-6,9-16,21,25H,2-4,7-8,17-18H2,1H3,(H,27,30). The van der Waals surface area contributed by atoms with E-state index in [2.05, 4.69) is 5.32 Å². The van der Waals surface area contributed by atoms with Crippen molar-refractivity contribution in [3.63, 3.8) is 0 Å². The fourth-order valence-corrected chi connectivity index (χ4v) is 5.70. The molecule has 32 heavy (non-hydrogen) atoms. The second kappa shape index (κ2) is 10.9. The molecular formula is C26H30N2O2S2. The maximum absolute atomic E-state index is 13.7. The van der Waals surface area contributed by atoms with E-state index in [0.29, 0.717) is 13.0 Å². The maximum Gasteiger partial charge on any atom is 0.247 e. The summed E-state index contributed by atoms with van der Waals surface area (Å²) in [4.78, 5) is 31.1. The Kier molecular flexibility index (Phi) is 7.76. The number of rotatable bonds is 8. The molecule has 1 aromatic carbocycles. The normalized spacial score (nSPS) is 15.3. The Morgan fingerprint density at radius 3 is 2.25 bits per heavy atom. The zero-order valence-electron chi connectivity index (χ0n) is 18.5. The number of carbonyl (C=O) groups excluding carboxylic acids is 2. The largest absolute Gasteiger partial charge is 0.351 e. The van der Waals surface area contributed by atoms with Crippen molar-refractivity contribution in [2.24, 2.45) is 0 Å². The number of thiophene rings is 2. The van der Waals surface area contributed by atoms with Gasteiger partial charge in [-0.15, -0.1) is 22.7 Å². The summed E-state index contributed by atoms with van der Waals surface area (Å²) < 4.78 is 0. The summed E-state index contributed by atoms with van der Waals surface area (Å²) in [6.07, 6.45) is 5.87. The van der Waals surface area contributed by atoms with Gasteiger partial charge in [0.1, 0.15) is 6.04 Å². The zero-order valence-corrected chi connectivity index (χ0v) is 20.1. The number of hydrogen-bond donors (Lipinski definition) is 1. The summed E-state index contributed by atoms with van der Waals surface area (Å²) in [6.45, 7) is 2.46. The van der Waals surface area contributed by atoms with Crippen molar-refractivity contribution in [1.82, 2.24) is 10.2 Å². The minimum absolute atomic E-state index is 0.0229. The van der Waals surface area contributed by atoms with Gasteiger partial charge in [-0.05, 0) is 48.2 Å². The van der Waals surface area contributed by atoms with Gasteiger partial charge < -0.3 is 10.2 Å². The number of amides is 2. The topological polar surface area (TPSA) is 49.4 Å². The highest BCUT2D eigenvalue weighted by Crippen LogP contribution is 2.28. The van der Waals surface area contributed by atoms with E-state index < -0.39 is 6.04 Å². The molecule has 0 spiro atoms. The highest BCUT2D eigenvalue weighted by Gasteiger charge is 2.33. The van der Waals surface area contributed by atoms with E-state index >= 15 is 0 Å². The van der Waals surface area contributed by atoms with Crippen LogP contribution in [-0.4, -0.2) is 22.8 Å². The van der Waals surface area contributed by atoms with E-state index in [1.807, 2.05) is 66.2 Å². The highest BCUT2D eigenvalue weighted by molar-refractivity contribution is 7.10. The molecule has 2 aromatic heterocycles. The lowest BCUT2D eigenvalue weighted by Gasteiger charge is -2.33. The molecule has 1 atom stereocenters. The van der Waals surface area contributed by atoms with Gasteiger partial charge in [-0.25, -0.2) is 0 Å². The van der Waals surface area contributed by atoms with E-state index in [9.17, 15) is 9.59 Å². The fraction of sp³-hybridized carbons (Fsp3) is 0.385. The second-order valence-corrected chi connectivity index (χ2v) is 10.6. The number of nitrogens with one attached hydrogen (secondary N) is 1. The van der Waals surface area contributed by atoms with Gasteiger partial charge in [0.25, 0.3) is 0 Å². The molecule has 2 heterocycles. The molecule has 0 bridgehead atoms. The third-order valence-electron chi connectivity index (χ3n) is 6.04. The molecule has 2 amide bonds. The molecule has 4 rings (SSSR count). The lowest BCUT2D eigenvalue weighted by atomic mass is 9.94. The van der Waals surface area contributed by atoms with Crippen molar-refractivity contribution in [2.45, 2.75) is 64.1 Å². The van der Waals surface area contributed by atoms with Crippen LogP contribution in [0, 0.1) is 6.92 Å². The molecule has 1 saturated carbocycles. The smallest absolute Gasteiger partial charge is 0.247 e. The Hall–Kier alpha value is -2.44. The summed E-state index contributed by atoms with van der Waals surface area (Å²) in [5.41, 5.74) is 2.00. The van der Waals surface area contributed by atoms with Crippen LogP contribution in [0.4, 0.5) is 0 Å². The monoisotopic (exact) mass is 466 g/mol. The average Bonchev–Trinajstić information content (AvgIpc) is 3.49. The van der Waals surface area contributed by atoms with Crippen LogP contribution in [-0.2, 0) is 22.6 Å². The minimum atomic E-state index is -0.646. The predicted octanol–water partition coefficient (Wildman–Crippen LogP) is 5.88. The molecule has 0 saturated heterocycles. The van der Waals surface area contributed by atoms with Crippen LogP contribution in [0.15, 0.2) is 59.3 Å². The molecule has 168 valence electrons. The SMILES string of the molecule is Cc1ccc(C(C(=O)NC2CCCCC2)N(Cc2cccs2)C(=O)Cc2cccs2)cc1. The molecule has 0 radical (unpaired) electrons. The van der Waals surface area contributed by atoms with Gasteiger partial charge >= 0.3 is 0 Å². The van der Waals surface area contributed by atoms with Crippen LogP contribution in [0.25, 0.3) is 0 Å². The number of aryl methyl sites for hydroxylation is 1. The Labute approximate surface area is 198 Å². The van der Waals surface area contributed by atoms with Gasteiger partial charge in [0.2, 0.25) is 11.8 Å². The van der Waals surface area contributed by atoms with E-state index in [4.69, 9.17) is 0 Å². The second-order valence-electron chi connectivity index (χ2n) is 8.51. The fourth-order valence-electron chi connectivity index (χ4n) is 4.31. The quantitative estimate of drug-likeness (QED) is 0.451. The van der Waals surface area contributed by atoms with Crippen molar-refractivity contribution < 1.29 is 9.59 Å². The third kappa shape index (κ3) is 5.87. The minimum Gasteiger partial charge on any atom is -0.351 e. The molecular weight excluding hydrogens is 436 g/mol. The van der Waals surface area contributed by atoms with Crippen LogP contribution in [0.3, 0.4) is 0 Å². The Balaban J connectivity index is 1.66. The summed E-state index contributed by atoms with van der Waals surface area (Å²) in [7, 11) is 0. The highest BCUT2D eigenvalue weighted by atomic mass is 32.1. The van der Waals surface area contributed by atoms with Crippen molar-refractivity contribution in [3.8, 4) is 0 Å². The molecule has 1 fully saturated rings. The Morgan fingerprint density at radius 1 is 0.969 bits per heavy atom. The van der Waals surface area contributed by atoms with Crippen LogP contribution in [0.2, 0.25) is 0 Å². The van der Waals surface area contributed by atoms with Crippen LogP contribution >= 0.6 is 22.7 Å². The molecule has 3 aromatic rings. The summed E-state index contributed by atoms with van der Waals surface area (Å²) in [5, 5.41) is 7.28. The van der Waals surface area contributed by atoms with Crippen molar-refractivity contribution >= 4 is 34.5 Å². The first-order chi connectivity index (χ1) is 15.6. The van der Waals surface area contributed by atoms with E-state index in [1.54, 1.807) is 27.6 Å². The summed E-state index contributed by atoms with van der Waals surface area (Å²) in [6, 6.07) is 15.5. The molecule has 1 unspecified atom stereocenters. The first-order valence-corrected chi connectivity index (χ1v) is 13.1. The third-order valence-corrected chi connectivity index (χ3v) is 7.77. The van der Waals surface area contributed by atoms with Gasteiger partial charge in [0.15, 0.2) is 0 Å². The number of nitrogens with zero attached hydrogens (tertiary/aromatic N) is 1. The number of carbonyl (C=O) groups is 2. The summed E-state index contributed by atoms with van der Waals surface area (Å²) in [5.74, 6) is -0.0953. The van der Waals surface area contributed by atoms with E-state index in [-0.39, 0.29) is 17.9 Å². The van der Waals surface area contributed by atoms with Gasteiger partial charge in [-0.2, -0.15) is 0 Å². The zero-order chi connectivity index (χ0) is 22.3. The molecule has 1 aliphatic rings. The van der Waals surface area contributed by atoms with Crippen LogP contribution in [0.1, 0.15) is 59.0 Å². The number of hydrogen-bond acceptors (Lipinski definition) is 4. The van der Waals surface area contributed by atoms with E-state index in [1.165, 1.54) is 6.42 Å². The van der Waals surface area contributed by atoms with Gasteiger partial charge in [0, 0.05) is 15.8 Å². The van der Waals surface area contributed by atoms with Crippen molar-refractivity contribution in [2.75, 3.05) is 0 Å². The molecule has 6 heteroatoms. The van der Waals surface area contributed by atoms with Gasteiger partial charge in [-0.3, -0.25) is 9.59 Å². The molecule has 0 aliphatic heterocycles. The molecule has 4 nitrogen and oxygen atoms in total. The summed E-state index contributed by atoms with van der Waals surface area (Å²) >= 11 is 3.19.